The highest BCUT2D eigenvalue weighted by atomic mass is 16.5. The zero-order valence-corrected chi connectivity index (χ0v) is 13.1. The van der Waals surface area contributed by atoms with E-state index in [1.165, 1.54) is 0 Å². The van der Waals surface area contributed by atoms with Gasteiger partial charge in [0.15, 0.2) is 0 Å². The first-order valence-corrected chi connectivity index (χ1v) is 7.80. The Balaban J connectivity index is 1.96. The van der Waals surface area contributed by atoms with Crippen LogP contribution < -0.4 is 10.1 Å². The van der Waals surface area contributed by atoms with Crippen LogP contribution in [0.4, 0.5) is 5.69 Å². The third-order valence-electron chi connectivity index (χ3n) is 3.62. The molecular weight excluding hydrogens is 286 g/mol. The number of carbonyl (C=O) groups is 1. The van der Waals surface area contributed by atoms with Gasteiger partial charge in [0.25, 0.3) is 5.91 Å². The Morgan fingerprint density at radius 3 is 2.35 bits per heavy atom. The lowest BCUT2D eigenvalue weighted by atomic mass is 10.0. The van der Waals surface area contributed by atoms with Crippen molar-refractivity contribution in [3.05, 3.63) is 72.3 Å². The maximum Gasteiger partial charge on any atom is 0.256 e. The highest BCUT2D eigenvalue weighted by molar-refractivity contribution is 6.13. The molecule has 3 aromatic carbocycles. The van der Waals surface area contributed by atoms with E-state index in [0.29, 0.717) is 12.2 Å². The molecule has 0 unspecified atom stereocenters. The fourth-order valence-electron chi connectivity index (χ4n) is 2.53. The summed E-state index contributed by atoms with van der Waals surface area (Å²) in [5.74, 6) is 0.702. The fourth-order valence-corrected chi connectivity index (χ4v) is 2.53. The van der Waals surface area contributed by atoms with Gasteiger partial charge >= 0.3 is 0 Å². The Bertz CT molecular complexity index is 812. The predicted molar refractivity (Wildman–Crippen MR) is 94.1 cm³/mol. The zero-order valence-electron chi connectivity index (χ0n) is 13.1. The Kier molecular flexibility index (Phi) is 4.57. The molecule has 3 aromatic rings. The minimum absolute atomic E-state index is 0.116. The number of hydrogen-bond acceptors (Lipinski definition) is 2. The molecule has 0 saturated heterocycles. The second-order valence-electron chi connectivity index (χ2n) is 5.33. The SMILES string of the molecule is CCCOc1ccc(C(=O)Nc2ccccc2)c2ccccc12. The number of para-hydroxylation sites is 1. The van der Waals surface area contributed by atoms with E-state index in [1.807, 2.05) is 66.7 Å². The summed E-state index contributed by atoms with van der Waals surface area (Å²) in [6.07, 6.45) is 0.949. The van der Waals surface area contributed by atoms with Crippen LogP contribution >= 0.6 is 0 Å². The molecule has 0 aliphatic carbocycles. The van der Waals surface area contributed by atoms with Gasteiger partial charge in [-0.1, -0.05) is 49.4 Å². The van der Waals surface area contributed by atoms with Crippen molar-refractivity contribution in [2.45, 2.75) is 13.3 Å². The molecule has 116 valence electrons. The van der Waals surface area contributed by atoms with Crippen molar-refractivity contribution in [2.75, 3.05) is 11.9 Å². The molecule has 0 heterocycles. The predicted octanol–water partition coefficient (Wildman–Crippen LogP) is 4.88. The van der Waals surface area contributed by atoms with Crippen molar-refractivity contribution in [2.24, 2.45) is 0 Å². The van der Waals surface area contributed by atoms with Gasteiger partial charge in [0.1, 0.15) is 5.75 Å². The van der Waals surface area contributed by atoms with Gasteiger partial charge in [0, 0.05) is 16.6 Å². The van der Waals surface area contributed by atoms with Crippen molar-refractivity contribution >= 4 is 22.4 Å². The molecule has 0 aromatic heterocycles. The van der Waals surface area contributed by atoms with Gasteiger partial charge in [-0.05, 0) is 36.1 Å². The van der Waals surface area contributed by atoms with Crippen LogP contribution in [0, 0.1) is 0 Å². The van der Waals surface area contributed by atoms with Gasteiger partial charge in [-0.15, -0.1) is 0 Å². The number of fused-ring (bicyclic) bond motifs is 1. The largest absolute Gasteiger partial charge is 0.493 e. The van der Waals surface area contributed by atoms with Crippen molar-refractivity contribution in [3.8, 4) is 5.75 Å². The van der Waals surface area contributed by atoms with E-state index in [1.54, 1.807) is 0 Å². The van der Waals surface area contributed by atoms with Crippen LogP contribution in [-0.4, -0.2) is 12.5 Å². The highest BCUT2D eigenvalue weighted by Crippen LogP contribution is 2.29. The molecule has 0 aliphatic heterocycles. The number of hydrogen-bond donors (Lipinski definition) is 1. The highest BCUT2D eigenvalue weighted by Gasteiger charge is 2.13. The topological polar surface area (TPSA) is 38.3 Å². The van der Waals surface area contributed by atoms with Gasteiger partial charge < -0.3 is 10.1 Å². The van der Waals surface area contributed by atoms with E-state index < -0.39 is 0 Å². The van der Waals surface area contributed by atoms with E-state index in [4.69, 9.17) is 4.74 Å². The quantitative estimate of drug-likeness (QED) is 0.729. The summed E-state index contributed by atoms with van der Waals surface area (Å²) in [4.78, 5) is 12.6. The molecule has 0 bridgehead atoms. The molecule has 1 N–H and O–H groups in total. The smallest absolute Gasteiger partial charge is 0.256 e. The number of ether oxygens (including phenoxy) is 1. The van der Waals surface area contributed by atoms with Gasteiger partial charge in [0.2, 0.25) is 0 Å². The molecule has 3 heteroatoms. The molecule has 0 radical (unpaired) electrons. The molecule has 0 atom stereocenters. The summed E-state index contributed by atoms with van der Waals surface area (Å²) in [5.41, 5.74) is 1.43. The summed E-state index contributed by atoms with van der Waals surface area (Å²) in [6.45, 7) is 2.74. The third kappa shape index (κ3) is 3.34. The zero-order chi connectivity index (χ0) is 16.1. The normalized spacial score (nSPS) is 10.5. The van der Waals surface area contributed by atoms with Gasteiger partial charge in [-0.25, -0.2) is 0 Å². The second-order valence-corrected chi connectivity index (χ2v) is 5.33. The number of amides is 1. The van der Waals surface area contributed by atoms with E-state index in [-0.39, 0.29) is 5.91 Å². The van der Waals surface area contributed by atoms with Crippen molar-refractivity contribution in [3.63, 3.8) is 0 Å². The Hall–Kier alpha value is -2.81. The fraction of sp³-hybridized carbons (Fsp3) is 0.150. The molecule has 1 amide bonds. The summed E-state index contributed by atoms with van der Waals surface area (Å²) >= 11 is 0. The second kappa shape index (κ2) is 6.97. The lowest BCUT2D eigenvalue weighted by molar-refractivity contribution is 0.102. The molecule has 3 nitrogen and oxygen atoms in total. The summed E-state index contributed by atoms with van der Waals surface area (Å²) < 4.78 is 5.79. The van der Waals surface area contributed by atoms with Crippen LogP contribution in [0.15, 0.2) is 66.7 Å². The Morgan fingerprint density at radius 1 is 0.913 bits per heavy atom. The van der Waals surface area contributed by atoms with Crippen LogP contribution in [-0.2, 0) is 0 Å². The van der Waals surface area contributed by atoms with Crippen molar-refractivity contribution in [1.82, 2.24) is 0 Å². The summed E-state index contributed by atoms with van der Waals surface area (Å²) in [5, 5.41) is 4.79. The molecular formula is C20H19NO2. The van der Waals surface area contributed by atoms with Crippen molar-refractivity contribution < 1.29 is 9.53 Å². The molecule has 23 heavy (non-hydrogen) atoms. The average molecular weight is 305 g/mol. The lowest BCUT2D eigenvalue weighted by Gasteiger charge is -2.12. The van der Waals surface area contributed by atoms with E-state index in [2.05, 4.69) is 12.2 Å². The summed E-state index contributed by atoms with van der Waals surface area (Å²) in [7, 11) is 0. The van der Waals surface area contributed by atoms with Gasteiger partial charge in [0.05, 0.1) is 6.61 Å². The standard InChI is InChI=1S/C20H19NO2/c1-2-14-23-19-13-12-18(16-10-6-7-11-17(16)19)20(22)21-15-8-4-3-5-9-15/h3-13H,2,14H2,1H3,(H,21,22). The van der Waals surface area contributed by atoms with Crippen molar-refractivity contribution in [1.29, 1.82) is 0 Å². The van der Waals surface area contributed by atoms with Crippen LogP contribution in [0.5, 0.6) is 5.75 Å². The first-order valence-electron chi connectivity index (χ1n) is 7.80. The van der Waals surface area contributed by atoms with E-state index >= 15 is 0 Å². The average Bonchev–Trinajstić information content (AvgIpc) is 2.60. The van der Waals surface area contributed by atoms with Crippen LogP contribution in [0.1, 0.15) is 23.7 Å². The van der Waals surface area contributed by atoms with E-state index in [0.717, 1.165) is 28.6 Å². The van der Waals surface area contributed by atoms with Crippen LogP contribution in [0.25, 0.3) is 10.8 Å². The summed E-state index contributed by atoms with van der Waals surface area (Å²) in [6, 6.07) is 21.0. The molecule has 0 aliphatic rings. The first kappa shape index (κ1) is 15.1. The third-order valence-corrected chi connectivity index (χ3v) is 3.62. The number of benzene rings is 3. The maximum atomic E-state index is 12.6. The Morgan fingerprint density at radius 2 is 1.61 bits per heavy atom. The van der Waals surface area contributed by atoms with Crippen LogP contribution in [0.2, 0.25) is 0 Å². The Labute approximate surface area is 135 Å². The number of anilines is 1. The first-order chi connectivity index (χ1) is 11.3. The molecule has 0 saturated carbocycles. The monoisotopic (exact) mass is 305 g/mol. The molecule has 0 spiro atoms. The minimum Gasteiger partial charge on any atom is -0.493 e. The van der Waals surface area contributed by atoms with E-state index in [9.17, 15) is 4.79 Å². The minimum atomic E-state index is -0.116. The maximum absolute atomic E-state index is 12.6. The van der Waals surface area contributed by atoms with Crippen LogP contribution in [0.3, 0.4) is 0 Å². The number of carbonyl (C=O) groups excluding carboxylic acids is 1. The van der Waals surface area contributed by atoms with Gasteiger partial charge in [-0.2, -0.15) is 0 Å². The lowest BCUT2D eigenvalue weighted by Crippen LogP contribution is -2.12. The van der Waals surface area contributed by atoms with Gasteiger partial charge in [-0.3, -0.25) is 4.79 Å². The molecule has 3 rings (SSSR count). The number of nitrogens with one attached hydrogen (secondary N) is 1. The number of rotatable bonds is 5. The molecule has 0 fully saturated rings.